The molecule has 1 heterocycles. The van der Waals surface area contributed by atoms with Crippen molar-refractivity contribution in [1.29, 1.82) is 0 Å². The third kappa shape index (κ3) is 2.28. The topological polar surface area (TPSA) is 75.1 Å². The van der Waals surface area contributed by atoms with E-state index in [1.165, 1.54) is 15.6 Å². The number of aryl methyl sites for hydroxylation is 1. The smallest absolute Gasteiger partial charge is 0.345 e. The quantitative estimate of drug-likeness (QED) is 0.844. The molecule has 2 N–H and O–H groups in total. The zero-order chi connectivity index (χ0) is 13.1. The van der Waals surface area contributed by atoms with Gasteiger partial charge in [0, 0.05) is 12.6 Å². The maximum atomic E-state index is 11.7. The maximum absolute atomic E-state index is 11.7. The number of rotatable bonds is 4. The van der Waals surface area contributed by atoms with Crippen LogP contribution in [0.25, 0.3) is 0 Å². The van der Waals surface area contributed by atoms with Crippen molar-refractivity contribution >= 4 is 0 Å². The zero-order valence-corrected chi connectivity index (χ0v) is 10.4. The van der Waals surface area contributed by atoms with Crippen LogP contribution in [-0.4, -0.2) is 21.5 Å². The molecule has 0 radical (unpaired) electrons. The highest BCUT2D eigenvalue weighted by atomic mass is 16.5. The van der Waals surface area contributed by atoms with E-state index >= 15 is 0 Å². The molecule has 1 unspecified atom stereocenters. The number of nitrogens with two attached hydrogens (primary N) is 1. The second-order valence-corrected chi connectivity index (χ2v) is 4.05. The Hall–Kier alpha value is -2.08. The molecule has 0 amide bonds. The number of ether oxygens (including phenoxy) is 1. The molecule has 96 valence electrons. The first-order valence-electron chi connectivity index (χ1n) is 5.60. The van der Waals surface area contributed by atoms with Crippen LogP contribution >= 0.6 is 0 Å². The largest absolute Gasteiger partial charge is 0.496 e. The molecule has 0 aliphatic heterocycles. The number of hydrogen-bond donors (Lipinski definition) is 1. The van der Waals surface area contributed by atoms with Crippen LogP contribution < -0.4 is 16.2 Å². The van der Waals surface area contributed by atoms with E-state index in [4.69, 9.17) is 10.5 Å². The summed E-state index contributed by atoms with van der Waals surface area (Å²) in [6, 6.07) is 7.16. The van der Waals surface area contributed by atoms with Gasteiger partial charge in [0.25, 0.3) is 0 Å². The predicted molar refractivity (Wildman–Crippen MR) is 67.4 cm³/mol. The van der Waals surface area contributed by atoms with Gasteiger partial charge >= 0.3 is 5.69 Å². The van der Waals surface area contributed by atoms with E-state index in [0.717, 1.165) is 5.56 Å². The van der Waals surface area contributed by atoms with E-state index in [9.17, 15) is 4.79 Å². The van der Waals surface area contributed by atoms with Crippen molar-refractivity contribution in [2.75, 3.05) is 7.11 Å². The maximum Gasteiger partial charge on any atom is 0.345 e. The summed E-state index contributed by atoms with van der Waals surface area (Å²) in [5.41, 5.74) is 6.77. The molecule has 1 aromatic carbocycles. The number of hydrogen-bond acceptors (Lipinski definition) is 4. The van der Waals surface area contributed by atoms with Crippen molar-refractivity contribution in [2.24, 2.45) is 12.8 Å². The molecular formula is C12H16N4O2. The first kappa shape index (κ1) is 12.4. The summed E-state index contributed by atoms with van der Waals surface area (Å²) in [6.45, 7) is 0.319. The summed E-state index contributed by atoms with van der Waals surface area (Å²) < 4.78 is 8.00. The second-order valence-electron chi connectivity index (χ2n) is 4.05. The highest BCUT2D eigenvalue weighted by Crippen LogP contribution is 2.23. The van der Waals surface area contributed by atoms with Crippen molar-refractivity contribution in [1.82, 2.24) is 14.3 Å². The average Bonchev–Trinajstić information content (AvgIpc) is 2.70. The van der Waals surface area contributed by atoms with E-state index in [2.05, 4.69) is 5.10 Å². The number of methoxy groups -OCH3 is 1. The minimum absolute atomic E-state index is 0.180. The predicted octanol–water partition coefficient (Wildman–Crippen LogP) is 0.290. The summed E-state index contributed by atoms with van der Waals surface area (Å²) >= 11 is 0. The van der Waals surface area contributed by atoms with Crippen molar-refractivity contribution < 1.29 is 4.74 Å². The van der Waals surface area contributed by atoms with Crippen molar-refractivity contribution in [3.8, 4) is 5.75 Å². The molecule has 0 fully saturated rings. The third-order valence-corrected chi connectivity index (χ3v) is 2.79. The molecule has 2 rings (SSSR count). The number of nitrogens with zero attached hydrogens (tertiary/aromatic N) is 3. The molecule has 0 saturated carbocycles. The van der Waals surface area contributed by atoms with E-state index in [-0.39, 0.29) is 11.7 Å². The van der Waals surface area contributed by atoms with E-state index < -0.39 is 0 Å². The average molecular weight is 248 g/mol. The Morgan fingerprint density at radius 3 is 2.78 bits per heavy atom. The summed E-state index contributed by atoms with van der Waals surface area (Å²) in [6.07, 6.45) is 1.47. The molecule has 0 spiro atoms. The van der Waals surface area contributed by atoms with Gasteiger partial charge in [0.1, 0.15) is 12.1 Å². The standard InChI is InChI=1S/C12H16N4O2/c1-15-8-14-16(12(15)17)7-10(13)9-5-3-4-6-11(9)18-2/h3-6,8,10H,7,13H2,1-2H3. The van der Waals surface area contributed by atoms with Crippen LogP contribution in [0, 0.1) is 0 Å². The van der Waals surface area contributed by atoms with Crippen LogP contribution in [0.2, 0.25) is 0 Å². The van der Waals surface area contributed by atoms with Gasteiger partial charge in [-0.2, -0.15) is 5.10 Å². The third-order valence-electron chi connectivity index (χ3n) is 2.79. The lowest BCUT2D eigenvalue weighted by Gasteiger charge is -2.14. The van der Waals surface area contributed by atoms with Gasteiger partial charge in [0.2, 0.25) is 0 Å². The van der Waals surface area contributed by atoms with Crippen LogP contribution in [0.4, 0.5) is 0 Å². The van der Waals surface area contributed by atoms with Crippen LogP contribution in [0.1, 0.15) is 11.6 Å². The van der Waals surface area contributed by atoms with Gasteiger partial charge in [-0.05, 0) is 6.07 Å². The SMILES string of the molecule is COc1ccccc1C(N)Cn1ncn(C)c1=O. The number of benzene rings is 1. The first-order valence-corrected chi connectivity index (χ1v) is 5.60. The monoisotopic (exact) mass is 248 g/mol. The van der Waals surface area contributed by atoms with Crippen molar-refractivity contribution in [3.63, 3.8) is 0 Å². The molecule has 0 saturated heterocycles. The van der Waals surface area contributed by atoms with Crippen LogP contribution in [0.15, 0.2) is 35.4 Å². The Kier molecular flexibility index (Phi) is 3.47. The normalized spacial score (nSPS) is 12.4. The summed E-state index contributed by atoms with van der Waals surface area (Å²) in [7, 11) is 3.25. The molecule has 0 aliphatic rings. The van der Waals surface area contributed by atoms with Gasteiger partial charge in [-0.3, -0.25) is 4.57 Å². The minimum Gasteiger partial charge on any atom is -0.496 e. The fourth-order valence-electron chi connectivity index (χ4n) is 1.80. The van der Waals surface area contributed by atoms with Crippen molar-refractivity contribution in [3.05, 3.63) is 46.6 Å². The molecule has 1 atom stereocenters. The van der Waals surface area contributed by atoms with Gasteiger partial charge in [0.15, 0.2) is 0 Å². The van der Waals surface area contributed by atoms with E-state index in [0.29, 0.717) is 12.3 Å². The summed E-state index contributed by atoms with van der Waals surface area (Å²) in [5.74, 6) is 0.717. The van der Waals surface area contributed by atoms with Crippen LogP contribution in [0.5, 0.6) is 5.75 Å². The van der Waals surface area contributed by atoms with Gasteiger partial charge in [-0.1, -0.05) is 18.2 Å². The highest BCUT2D eigenvalue weighted by molar-refractivity contribution is 5.35. The molecule has 2 aromatic rings. The van der Waals surface area contributed by atoms with Crippen molar-refractivity contribution in [2.45, 2.75) is 12.6 Å². The second kappa shape index (κ2) is 5.05. The van der Waals surface area contributed by atoms with Gasteiger partial charge < -0.3 is 10.5 Å². The highest BCUT2D eigenvalue weighted by Gasteiger charge is 2.14. The molecule has 0 bridgehead atoms. The van der Waals surface area contributed by atoms with Gasteiger partial charge in [0.05, 0.1) is 19.7 Å². The first-order chi connectivity index (χ1) is 8.63. The van der Waals surface area contributed by atoms with E-state index in [1.807, 2.05) is 24.3 Å². The molecule has 0 aliphatic carbocycles. The Balaban J connectivity index is 2.24. The fourth-order valence-corrected chi connectivity index (χ4v) is 1.80. The Morgan fingerprint density at radius 2 is 2.17 bits per heavy atom. The van der Waals surface area contributed by atoms with Gasteiger partial charge in [-0.15, -0.1) is 0 Å². The molecule has 18 heavy (non-hydrogen) atoms. The number of aromatic nitrogens is 3. The lowest BCUT2D eigenvalue weighted by atomic mass is 10.1. The lowest BCUT2D eigenvalue weighted by Crippen LogP contribution is -2.28. The summed E-state index contributed by atoms with van der Waals surface area (Å²) in [5, 5.41) is 3.98. The fraction of sp³-hybridized carbons (Fsp3) is 0.333. The van der Waals surface area contributed by atoms with Crippen LogP contribution in [0.3, 0.4) is 0 Å². The summed E-state index contributed by atoms with van der Waals surface area (Å²) in [4.78, 5) is 11.7. The van der Waals surface area contributed by atoms with Gasteiger partial charge in [-0.25, -0.2) is 9.48 Å². The molecular weight excluding hydrogens is 232 g/mol. The zero-order valence-electron chi connectivity index (χ0n) is 10.4. The lowest BCUT2D eigenvalue weighted by molar-refractivity contribution is 0.399. The Bertz CT molecular complexity index is 588. The Labute approximate surface area is 105 Å². The molecule has 1 aromatic heterocycles. The molecule has 6 heteroatoms. The Morgan fingerprint density at radius 1 is 1.44 bits per heavy atom. The minimum atomic E-state index is -0.339. The van der Waals surface area contributed by atoms with E-state index in [1.54, 1.807) is 14.2 Å². The molecule has 6 nitrogen and oxygen atoms in total. The number of para-hydroxylation sites is 1. The van der Waals surface area contributed by atoms with Crippen LogP contribution in [-0.2, 0) is 13.6 Å².